The molecule has 1 saturated heterocycles. The van der Waals surface area contributed by atoms with Gasteiger partial charge in [0.25, 0.3) is 5.69 Å². The molecule has 1 heterocycles. The minimum atomic E-state index is -0.426. The molecule has 0 radical (unpaired) electrons. The fraction of sp³-hybridized carbons (Fsp3) is 0.533. The average Bonchev–Trinajstić information content (AvgIpc) is 2.47. The molecule has 1 atom stereocenters. The smallest absolute Gasteiger partial charge is 0.273 e. The summed E-state index contributed by atoms with van der Waals surface area (Å²) < 4.78 is 5.12. The Hall–Kier alpha value is -1.95. The summed E-state index contributed by atoms with van der Waals surface area (Å²) in [6.07, 6.45) is 2.97. The average molecular weight is 292 g/mol. The Balaban J connectivity index is 2.22. The first-order valence-corrected chi connectivity index (χ1v) is 7.08. The maximum absolute atomic E-state index is 11.7. The van der Waals surface area contributed by atoms with Gasteiger partial charge in [0.05, 0.1) is 24.1 Å². The van der Waals surface area contributed by atoms with Crippen molar-refractivity contribution in [2.45, 2.75) is 38.8 Å². The summed E-state index contributed by atoms with van der Waals surface area (Å²) in [7, 11) is 1.49. The number of Topliss-reactive ketones (excluding diaryl/α,β-unsaturated/α-hetero) is 1. The molecule has 1 fully saturated rings. The van der Waals surface area contributed by atoms with E-state index >= 15 is 0 Å². The normalized spacial score (nSPS) is 19.2. The third-order valence-electron chi connectivity index (χ3n) is 3.87. The van der Waals surface area contributed by atoms with Crippen LogP contribution in [0.4, 0.5) is 5.69 Å². The lowest BCUT2D eigenvalue weighted by Gasteiger charge is -2.34. The number of carbonyl (C=O) groups excluding carboxylic acids is 1. The van der Waals surface area contributed by atoms with E-state index in [2.05, 4.69) is 4.90 Å². The predicted octanol–water partition coefficient (Wildman–Crippen LogP) is 2.55. The molecule has 1 aliphatic heterocycles. The van der Waals surface area contributed by atoms with E-state index in [0.29, 0.717) is 12.3 Å². The summed E-state index contributed by atoms with van der Waals surface area (Å²) in [5, 5.41) is 11.0. The number of carbonyl (C=O) groups is 1. The van der Waals surface area contributed by atoms with E-state index in [1.165, 1.54) is 13.2 Å². The van der Waals surface area contributed by atoms with Crippen molar-refractivity contribution in [1.82, 2.24) is 4.90 Å². The molecule has 1 aliphatic rings. The van der Waals surface area contributed by atoms with Crippen LogP contribution in [0.3, 0.4) is 0 Å². The summed E-state index contributed by atoms with van der Waals surface area (Å²) in [5.41, 5.74) is 0.815. The monoisotopic (exact) mass is 292 g/mol. The van der Waals surface area contributed by atoms with Crippen LogP contribution in [0.1, 0.15) is 31.7 Å². The van der Waals surface area contributed by atoms with E-state index in [-0.39, 0.29) is 17.5 Å². The Morgan fingerprint density at radius 2 is 2.19 bits per heavy atom. The Labute approximate surface area is 123 Å². The first-order valence-electron chi connectivity index (χ1n) is 7.08. The number of benzene rings is 1. The number of ether oxygens (including phenoxy) is 1. The third-order valence-corrected chi connectivity index (χ3v) is 3.87. The maximum atomic E-state index is 11.7. The van der Waals surface area contributed by atoms with E-state index in [1.807, 2.05) is 0 Å². The van der Waals surface area contributed by atoms with E-state index in [0.717, 1.165) is 31.4 Å². The number of hydrogen-bond acceptors (Lipinski definition) is 5. The van der Waals surface area contributed by atoms with Crippen molar-refractivity contribution in [3.8, 4) is 5.75 Å². The molecular weight excluding hydrogens is 272 g/mol. The number of non-ortho nitro benzene ring substituents is 1. The Morgan fingerprint density at radius 3 is 2.81 bits per heavy atom. The van der Waals surface area contributed by atoms with Gasteiger partial charge in [-0.1, -0.05) is 6.42 Å². The van der Waals surface area contributed by atoms with E-state index in [1.54, 1.807) is 19.1 Å². The molecule has 1 aromatic carbocycles. The van der Waals surface area contributed by atoms with Gasteiger partial charge in [0.1, 0.15) is 11.5 Å². The van der Waals surface area contributed by atoms with Crippen molar-refractivity contribution in [3.63, 3.8) is 0 Å². The SMILES string of the molecule is COc1cc(CN2CCCCC2C(C)=O)cc([N+](=O)[O-])c1. The molecule has 6 nitrogen and oxygen atoms in total. The fourth-order valence-electron chi connectivity index (χ4n) is 2.83. The highest BCUT2D eigenvalue weighted by Crippen LogP contribution is 2.26. The first kappa shape index (κ1) is 15.4. The molecule has 1 aromatic rings. The van der Waals surface area contributed by atoms with Gasteiger partial charge in [0.2, 0.25) is 0 Å². The van der Waals surface area contributed by atoms with Gasteiger partial charge in [0.15, 0.2) is 0 Å². The first-order chi connectivity index (χ1) is 10.0. The van der Waals surface area contributed by atoms with Crippen LogP contribution in [-0.2, 0) is 11.3 Å². The van der Waals surface area contributed by atoms with Crippen LogP contribution in [0.2, 0.25) is 0 Å². The molecule has 0 amide bonds. The van der Waals surface area contributed by atoms with Gasteiger partial charge in [-0.05, 0) is 37.9 Å². The molecule has 0 N–H and O–H groups in total. The number of likely N-dealkylation sites (tertiary alicyclic amines) is 1. The summed E-state index contributed by atoms with van der Waals surface area (Å²) in [6.45, 7) is 2.98. The summed E-state index contributed by atoms with van der Waals surface area (Å²) in [4.78, 5) is 24.4. The second-order valence-electron chi connectivity index (χ2n) is 5.39. The Morgan fingerprint density at radius 1 is 1.43 bits per heavy atom. The quantitative estimate of drug-likeness (QED) is 0.616. The molecule has 0 bridgehead atoms. The number of nitrogens with zero attached hydrogens (tertiary/aromatic N) is 2. The second kappa shape index (κ2) is 6.67. The van der Waals surface area contributed by atoms with Crippen LogP contribution in [0.5, 0.6) is 5.75 Å². The highest BCUT2D eigenvalue weighted by atomic mass is 16.6. The van der Waals surface area contributed by atoms with Gasteiger partial charge in [-0.3, -0.25) is 19.8 Å². The molecule has 0 aromatic heterocycles. The van der Waals surface area contributed by atoms with Crippen LogP contribution in [0.25, 0.3) is 0 Å². The van der Waals surface area contributed by atoms with Gasteiger partial charge in [-0.15, -0.1) is 0 Å². The molecule has 21 heavy (non-hydrogen) atoms. The molecule has 114 valence electrons. The van der Waals surface area contributed by atoms with E-state index in [9.17, 15) is 14.9 Å². The van der Waals surface area contributed by atoms with E-state index in [4.69, 9.17) is 4.74 Å². The lowest BCUT2D eigenvalue weighted by molar-refractivity contribution is -0.385. The zero-order valence-electron chi connectivity index (χ0n) is 12.4. The fourth-order valence-corrected chi connectivity index (χ4v) is 2.83. The topological polar surface area (TPSA) is 72.7 Å². The molecule has 2 rings (SSSR count). The molecule has 0 spiro atoms. The third kappa shape index (κ3) is 3.78. The Bertz CT molecular complexity index is 544. The van der Waals surface area contributed by atoms with Crippen molar-refractivity contribution in [3.05, 3.63) is 33.9 Å². The number of ketones is 1. The highest BCUT2D eigenvalue weighted by molar-refractivity contribution is 5.81. The molecule has 0 saturated carbocycles. The highest BCUT2D eigenvalue weighted by Gasteiger charge is 2.26. The summed E-state index contributed by atoms with van der Waals surface area (Å²) in [5.74, 6) is 0.627. The number of rotatable bonds is 5. The minimum Gasteiger partial charge on any atom is -0.496 e. The largest absolute Gasteiger partial charge is 0.496 e. The van der Waals surface area contributed by atoms with Gasteiger partial charge in [0, 0.05) is 12.6 Å². The van der Waals surface area contributed by atoms with Crippen molar-refractivity contribution in [2.24, 2.45) is 0 Å². The number of piperidine rings is 1. The molecule has 6 heteroatoms. The van der Waals surface area contributed by atoms with Crippen LogP contribution in [0, 0.1) is 10.1 Å². The van der Waals surface area contributed by atoms with Gasteiger partial charge < -0.3 is 4.74 Å². The number of methoxy groups -OCH3 is 1. The van der Waals surface area contributed by atoms with Gasteiger partial charge in [-0.25, -0.2) is 0 Å². The predicted molar refractivity (Wildman–Crippen MR) is 78.4 cm³/mol. The molecular formula is C15H20N2O4. The van der Waals surface area contributed by atoms with Gasteiger partial charge in [-0.2, -0.15) is 0 Å². The van der Waals surface area contributed by atoms with Crippen LogP contribution >= 0.6 is 0 Å². The number of nitro groups is 1. The van der Waals surface area contributed by atoms with Crippen molar-refractivity contribution in [2.75, 3.05) is 13.7 Å². The lowest BCUT2D eigenvalue weighted by atomic mass is 9.98. The second-order valence-corrected chi connectivity index (χ2v) is 5.39. The standard InChI is InChI=1S/C15H20N2O4/c1-11(18)15-5-3-4-6-16(15)10-12-7-13(17(19)20)9-14(8-12)21-2/h7-9,15H,3-6,10H2,1-2H3. The molecule has 0 aliphatic carbocycles. The number of hydrogen-bond donors (Lipinski definition) is 0. The minimum absolute atomic E-state index is 0.0146. The van der Waals surface area contributed by atoms with Crippen molar-refractivity contribution < 1.29 is 14.5 Å². The zero-order chi connectivity index (χ0) is 15.4. The van der Waals surface area contributed by atoms with Crippen molar-refractivity contribution >= 4 is 11.5 Å². The maximum Gasteiger partial charge on any atom is 0.273 e. The van der Waals surface area contributed by atoms with E-state index < -0.39 is 4.92 Å². The van der Waals surface area contributed by atoms with Gasteiger partial charge >= 0.3 is 0 Å². The lowest BCUT2D eigenvalue weighted by Crippen LogP contribution is -2.43. The van der Waals surface area contributed by atoms with Crippen molar-refractivity contribution in [1.29, 1.82) is 0 Å². The zero-order valence-corrected chi connectivity index (χ0v) is 12.4. The Kier molecular flexibility index (Phi) is 4.90. The van der Waals surface area contributed by atoms with Crippen LogP contribution < -0.4 is 4.74 Å². The molecule has 1 unspecified atom stereocenters. The number of nitro benzene ring substituents is 1. The van der Waals surface area contributed by atoms with Crippen LogP contribution in [0.15, 0.2) is 18.2 Å². The van der Waals surface area contributed by atoms with Crippen LogP contribution in [-0.4, -0.2) is 35.3 Å². The summed E-state index contributed by atoms with van der Waals surface area (Å²) in [6, 6.07) is 4.67. The summed E-state index contributed by atoms with van der Waals surface area (Å²) >= 11 is 0.